The van der Waals surface area contributed by atoms with E-state index < -0.39 is 24.5 Å². The van der Waals surface area contributed by atoms with Crippen molar-refractivity contribution in [1.29, 1.82) is 0 Å². The summed E-state index contributed by atoms with van der Waals surface area (Å²) >= 11 is 0. The molecule has 0 radical (unpaired) electrons. The minimum absolute atomic E-state index is 0.0896. The predicted molar refractivity (Wildman–Crippen MR) is 116 cm³/mol. The van der Waals surface area contributed by atoms with Crippen LogP contribution in [0.5, 0.6) is 23.0 Å². The van der Waals surface area contributed by atoms with Crippen molar-refractivity contribution in [3.8, 4) is 23.0 Å². The lowest BCUT2D eigenvalue weighted by atomic mass is 10.0. The molecule has 0 saturated heterocycles. The molecule has 178 valence electrons. The van der Waals surface area contributed by atoms with Gasteiger partial charge in [0.05, 0.1) is 40.9 Å². The molecule has 1 atom stereocenters. The number of benzene rings is 2. The van der Waals surface area contributed by atoms with Crippen LogP contribution in [0.25, 0.3) is 6.08 Å². The average Bonchev–Trinajstić information content (AvgIpc) is 2.81. The molecule has 2 aromatic carbocycles. The van der Waals surface area contributed by atoms with Crippen molar-refractivity contribution in [3.63, 3.8) is 0 Å². The van der Waals surface area contributed by atoms with Crippen LogP contribution in [0, 0.1) is 0 Å². The summed E-state index contributed by atoms with van der Waals surface area (Å²) in [6, 6.07) is 8.56. The highest BCUT2D eigenvalue weighted by Crippen LogP contribution is 2.32. The second-order valence-electron chi connectivity index (χ2n) is 6.58. The van der Waals surface area contributed by atoms with Gasteiger partial charge in [0.25, 0.3) is 0 Å². The largest absolute Gasteiger partial charge is 0.493 e. The van der Waals surface area contributed by atoms with Gasteiger partial charge < -0.3 is 29.0 Å². The molecule has 8 nitrogen and oxygen atoms in total. The number of esters is 1. The van der Waals surface area contributed by atoms with E-state index in [0.717, 1.165) is 0 Å². The zero-order chi connectivity index (χ0) is 24.4. The van der Waals surface area contributed by atoms with Crippen LogP contribution in [0.3, 0.4) is 0 Å². The minimum atomic E-state index is -2.99. The van der Waals surface area contributed by atoms with Crippen molar-refractivity contribution in [2.75, 3.05) is 28.4 Å². The zero-order valence-corrected chi connectivity index (χ0v) is 18.6. The number of carbonyl (C=O) groups is 2. The first-order valence-electron chi connectivity index (χ1n) is 9.71. The Kier molecular flexibility index (Phi) is 9.46. The van der Waals surface area contributed by atoms with Crippen molar-refractivity contribution in [2.24, 2.45) is 0 Å². The van der Waals surface area contributed by atoms with Crippen LogP contribution in [0.1, 0.15) is 23.6 Å². The topological polar surface area (TPSA) is 92.3 Å². The summed E-state index contributed by atoms with van der Waals surface area (Å²) < 4.78 is 49.6. The summed E-state index contributed by atoms with van der Waals surface area (Å²) in [6.45, 7) is -2.99. The van der Waals surface area contributed by atoms with E-state index in [0.29, 0.717) is 22.6 Å². The van der Waals surface area contributed by atoms with Gasteiger partial charge in [0.15, 0.2) is 23.0 Å². The smallest absolute Gasteiger partial charge is 0.387 e. The molecule has 2 rings (SSSR count). The number of alkyl halides is 2. The van der Waals surface area contributed by atoms with Crippen molar-refractivity contribution in [2.45, 2.75) is 19.1 Å². The van der Waals surface area contributed by atoms with Crippen LogP contribution in [0.2, 0.25) is 0 Å². The number of hydrogen-bond donors (Lipinski definition) is 1. The third kappa shape index (κ3) is 7.37. The maximum absolute atomic E-state index is 12.6. The molecule has 2 aromatic rings. The number of carbonyl (C=O) groups excluding carboxylic acids is 2. The molecule has 0 saturated carbocycles. The van der Waals surface area contributed by atoms with Crippen LogP contribution in [0.4, 0.5) is 8.78 Å². The van der Waals surface area contributed by atoms with Crippen LogP contribution in [-0.4, -0.2) is 46.9 Å². The third-order valence-electron chi connectivity index (χ3n) is 4.56. The maximum Gasteiger partial charge on any atom is 0.387 e. The minimum Gasteiger partial charge on any atom is -0.493 e. The van der Waals surface area contributed by atoms with E-state index in [4.69, 9.17) is 18.9 Å². The Morgan fingerprint density at radius 3 is 2.15 bits per heavy atom. The van der Waals surface area contributed by atoms with Crippen molar-refractivity contribution >= 4 is 18.0 Å². The molecule has 0 aliphatic carbocycles. The number of hydrogen-bond acceptors (Lipinski definition) is 7. The SMILES string of the molecule is COC(=O)CC(NC(=O)/C=C/c1ccc(OC(F)F)c(OC)c1)c1ccc(OC)c(OC)c1. The standard InChI is InChI=1S/C23H25F2NO7/c1-29-17-9-7-15(12-20(17)31-3)16(13-22(28)32-4)26-21(27)10-6-14-5-8-18(33-23(24)25)19(11-14)30-2/h5-12,16,23H,13H2,1-4H3,(H,26,27)/b10-6+. The van der Waals surface area contributed by atoms with Crippen LogP contribution >= 0.6 is 0 Å². The van der Waals surface area contributed by atoms with Crippen molar-refractivity contribution in [1.82, 2.24) is 5.32 Å². The lowest BCUT2D eigenvalue weighted by Gasteiger charge is -2.19. The summed E-state index contributed by atoms with van der Waals surface area (Å²) in [5, 5.41) is 2.75. The van der Waals surface area contributed by atoms with E-state index in [1.807, 2.05) is 0 Å². The zero-order valence-electron chi connectivity index (χ0n) is 18.6. The third-order valence-corrected chi connectivity index (χ3v) is 4.56. The second-order valence-corrected chi connectivity index (χ2v) is 6.58. The molecule has 0 fully saturated rings. The molecule has 1 unspecified atom stereocenters. The molecule has 1 amide bonds. The first-order chi connectivity index (χ1) is 15.8. The maximum atomic E-state index is 12.6. The fourth-order valence-electron chi connectivity index (χ4n) is 2.94. The monoisotopic (exact) mass is 465 g/mol. The van der Waals surface area contributed by atoms with Gasteiger partial charge in [-0.3, -0.25) is 9.59 Å². The molecule has 0 aromatic heterocycles. The van der Waals surface area contributed by atoms with Crippen molar-refractivity contribution in [3.05, 3.63) is 53.6 Å². The van der Waals surface area contributed by atoms with Gasteiger partial charge in [-0.2, -0.15) is 8.78 Å². The first-order valence-corrected chi connectivity index (χ1v) is 9.71. The Morgan fingerprint density at radius 1 is 0.909 bits per heavy atom. The normalized spacial score (nSPS) is 11.7. The van der Waals surface area contributed by atoms with Gasteiger partial charge in [-0.25, -0.2) is 0 Å². The van der Waals surface area contributed by atoms with Gasteiger partial charge in [0, 0.05) is 6.08 Å². The Hall–Kier alpha value is -3.82. The summed E-state index contributed by atoms with van der Waals surface area (Å²) in [7, 11) is 5.54. The van der Waals surface area contributed by atoms with E-state index >= 15 is 0 Å². The summed E-state index contributed by atoms with van der Waals surface area (Å²) in [5.74, 6) is -0.109. The highest BCUT2D eigenvalue weighted by atomic mass is 19.3. The van der Waals surface area contributed by atoms with E-state index in [1.54, 1.807) is 18.2 Å². The summed E-state index contributed by atoms with van der Waals surface area (Å²) in [6.07, 6.45) is 2.60. The molecule has 0 spiro atoms. The summed E-state index contributed by atoms with van der Waals surface area (Å²) in [4.78, 5) is 24.4. The van der Waals surface area contributed by atoms with Gasteiger partial charge >= 0.3 is 12.6 Å². The predicted octanol–water partition coefficient (Wildman–Crippen LogP) is 3.75. The fourth-order valence-corrected chi connectivity index (χ4v) is 2.94. The van der Waals surface area contributed by atoms with Gasteiger partial charge in [-0.1, -0.05) is 12.1 Å². The number of rotatable bonds is 11. The Labute approximate surface area is 190 Å². The Bertz CT molecular complexity index is 995. The lowest BCUT2D eigenvalue weighted by molar-refractivity contribution is -0.141. The van der Waals surface area contributed by atoms with E-state index in [9.17, 15) is 18.4 Å². The van der Waals surface area contributed by atoms with Gasteiger partial charge in [-0.05, 0) is 41.5 Å². The molecule has 0 bridgehead atoms. The van der Waals surface area contributed by atoms with Crippen LogP contribution in [0.15, 0.2) is 42.5 Å². The highest BCUT2D eigenvalue weighted by molar-refractivity contribution is 5.92. The fraction of sp³-hybridized carbons (Fsp3) is 0.304. The molecular weight excluding hydrogens is 440 g/mol. The van der Waals surface area contributed by atoms with Gasteiger partial charge in [0.1, 0.15) is 0 Å². The molecule has 0 heterocycles. The number of halogens is 2. The lowest BCUT2D eigenvalue weighted by Crippen LogP contribution is -2.29. The number of methoxy groups -OCH3 is 4. The van der Waals surface area contributed by atoms with E-state index in [-0.39, 0.29) is 17.9 Å². The average molecular weight is 465 g/mol. The Balaban J connectivity index is 2.21. The summed E-state index contributed by atoms with van der Waals surface area (Å²) in [5.41, 5.74) is 1.12. The van der Waals surface area contributed by atoms with Crippen molar-refractivity contribution < 1.29 is 42.1 Å². The Morgan fingerprint density at radius 2 is 1.55 bits per heavy atom. The van der Waals surface area contributed by atoms with Gasteiger partial charge in [0.2, 0.25) is 5.91 Å². The molecule has 10 heteroatoms. The molecular formula is C23H25F2NO7. The molecule has 0 aliphatic rings. The highest BCUT2D eigenvalue weighted by Gasteiger charge is 2.20. The van der Waals surface area contributed by atoms with Gasteiger partial charge in [-0.15, -0.1) is 0 Å². The van der Waals surface area contributed by atoms with Crippen LogP contribution < -0.4 is 24.3 Å². The van der Waals surface area contributed by atoms with E-state index in [2.05, 4.69) is 10.1 Å². The van der Waals surface area contributed by atoms with Crippen LogP contribution in [-0.2, 0) is 14.3 Å². The first kappa shape index (κ1) is 25.4. The van der Waals surface area contributed by atoms with E-state index in [1.165, 1.54) is 58.8 Å². The number of ether oxygens (including phenoxy) is 5. The quantitative estimate of drug-likeness (QED) is 0.399. The second kappa shape index (κ2) is 12.3. The number of nitrogens with one attached hydrogen (secondary N) is 1. The number of amides is 1. The molecule has 33 heavy (non-hydrogen) atoms. The molecule has 1 N–H and O–H groups in total. The molecule has 0 aliphatic heterocycles.